The van der Waals surface area contributed by atoms with Gasteiger partial charge in [-0.15, -0.1) is 0 Å². The molecule has 0 saturated heterocycles. The molecule has 0 bridgehead atoms. The van der Waals surface area contributed by atoms with E-state index in [1.165, 1.54) is 38.5 Å². The molecule has 0 aromatic heterocycles. The lowest BCUT2D eigenvalue weighted by atomic mass is 9.74. The second-order valence-corrected chi connectivity index (χ2v) is 7.26. The summed E-state index contributed by atoms with van der Waals surface area (Å²) in [5.41, 5.74) is 0. The van der Waals surface area contributed by atoms with Gasteiger partial charge in [-0.3, -0.25) is 0 Å². The summed E-state index contributed by atoms with van der Waals surface area (Å²) in [7, 11) is 0. The quantitative estimate of drug-likeness (QED) is 0.674. The Bertz CT molecular complexity index is 250. The van der Waals surface area contributed by atoms with Gasteiger partial charge in [0.25, 0.3) is 0 Å². The molecule has 2 nitrogen and oxygen atoms in total. The van der Waals surface area contributed by atoms with E-state index in [2.05, 4.69) is 26.1 Å². The van der Waals surface area contributed by atoms with Crippen LogP contribution in [0.5, 0.6) is 0 Å². The Morgan fingerprint density at radius 2 is 1.95 bits per heavy atom. The third-order valence-corrected chi connectivity index (χ3v) is 4.94. The van der Waals surface area contributed by atoms with Crippen LogP contribution in [0.25, 0.3) is 0 Å². The largest absolute Gasteiger partial charge is 0.381 e. The van der Waals surface area contributed by atoms with Crippen LogP contribution in [0.4, 0.5) is 0 Å². The van der Waals surface area contributed by atoms with E-state index < -0.39 is 0 Å². The van der Waals surface area contributed by atoms with Crippen molar-refractivity contribution in [1.29, 1.82) is 0 Å². The number of hydrogen-bond donors (Lipinski definition) is 1. The van der Waals surface area contributed by atoms with Crippen LogP contribution in [0.15, 0.2) is 0 Å². The molecular formula is C17H33NO. The van der Waals surface area contributed by atoms with Crippen LogP contribution < -0.4 is 5.32 Å². The normalized spacial score (nSPS) is 31.9. The summed E-state index contributed by atoms with van der Waals surface area (Å²) in [6.45, 7) is 10.3. The molecule has 0 aliphatic heterocycles. The molecule has 0 radical (unpaired) electrons. The van der Waals surface area contributed by atoms with Crippen molar-refractivity contribution >= 4 is 0 Å². The van der Waals surface area contributed by atoms with Gasteiger partial charge in [0.05, 0.1) is 0 Å². The van der Waals surface area contributed by atoms with Crippen molar-refractivity contribution in [2.24, 2.45) is 23.7 Å². The second kappa shape index (κ2) is 7.64. The molecule has 2 rings (SSSR count). The first-order valence-electron chi connectivity index (χ1n) is 8.48. The molecule has 0 spiro atoms. The molecule has 0 aromatic carbocycles. The first kappa shape index (κ1) is 15.3. The van der Waals surface area contributed by atoms with Gasteiger partial charge in [-0.1, -0.05) is 27.2 Å². The fourth-order valence-corrected chi connectivity index (χ4v) is 3.43. The zero-order valence-corrected chi connectivity index (χ0v) is 13.2. The Morgan fingerprint density at radius 1 is 1.16 bits per heavy atom. The first-order chi connectivity index (χ1) is 9.16. The van der Waals surface area contributed by atoms with E-state index in [0.717, 1.165) is 49.5 Å². The van der Waals surface area contributed by atoms with E-state index in [9.17, 15) is 0 Å². The van der Waals surface area contributed by atoms with E-state index in [1.807, 2.05) is 0 Å². The van der Waals surface area contributed by atoms with Crippen molar-refractivity contribution in [2.75, 3.05) is 19.8 Å². The van der Waals surface area contributed by atoms with E-state index in [1.54, 1.807) is 0 Å². The maximum absolute atomic E-state index is 5.70. The lowest BCUT2D eigenvalue weighted by Gasteiger charge is -2.38. The van der Waals surface area contributed by atoms with Crippen molar-refractivity contribution in [3.8, 4) is 0 Å². The highest BCUT2D eigenvalue weighted by Gasteiger charge is 2.29. The average Bonchev–Trinajstić information content (AvgIpc) is 3.17. The van der Waals surface area contributed by atoms with Crippen LogP contribution in [0.3, 0.4) is 0 Å². The van der Waals surface area contributed by atoms with E-state index >= 15 is 0 Å². The standard InChI is InChI=1S/C17H33NO/c1-13(2)16-8-5-14(3)11-17(16)18-9-4-10-19-12-15-6-7-15/h13-18H,4-12H2,1-3H3/t14-,16+,17-/m1/s1. The van der Waals surface area contributed by atoms with Gasteiger partial charge in [-0.2, -0.15) is 0 Å². The Morgan fingerprint density at radius 3 is 2.63 bits per heavy atom. The molecule has 112 valence electrons. The summed E-state index contributed by atoms with van der Waals surface area (Å²) >= 11 is 0. The molecule has 0 aromatic rings. The SMILES string of the molecule is CC(C)[C@@H]1CC[C@@H](C)C[C@H]1NCCCOCC1CC1. The first-order valence-corrected chi connectivity index (χ1v) is 8.48. The fourth-order valence-electron chi connectivity index (χ4n) is 3.43. The predicted octanol–water partition coefficient (Wildman–Crippen LogP) is 3.85. The number of rotatable bonds is 8. The molecule has 2 fully saturated rings. The average molecular weight is 267 g/mol. The predicted molar refractivity (Wildman–Crippen MR) is 81.3 cm³/mol. The summed E-state index contributed by atoms with van der Waals surface area (Å²) in [6.07, 6.45) is 8.16. The summed E-state index contributed by atoms with van der Waals surface area (Å²) in [4.78, 5) is 0. The number of nitrogens with one attached hydrogen (secondary N) is 1. The maximum Gasteiger partial charge on any atom is 0.0494 e. The second-order valence-electron chi connectivity index (χ2n) is 7.26. The van der Waals surface area contributed by atoms with Crippen molar-refractivity contribution in [1.82, 2.24) is 5.32 Å². The van der Waals surface area contributed by atoms with Gasteiger partial charge in [0.2, 0.25) is 0 Å². The zero-order valence-electron chi connectivity index (χ0n) is 13.2. The summed E-state index contributed by atoms with van der Waals surface area (Å²) in [5, 5.41) is 3.81. The number of hydrogen-bond acceptors (Lipinski definition) is 2. The van der Waals surface area contributed by atoms with E-state index in [4.69, 9.17) is 4.74 Å². The van der Waals surface area contributed by atoms with Gasteiger partial charge in [-0.25, -0.2) is 0 Å². The van der Waals surface area contributed by atoms with Crippen LogP contribution >= 0.6 is 0 Å². The minimum atomic E-state index is 0.743. The molecule has 2 saturated carbocycles. The van der Waals surface area contributed by atoms with Gasteiger partial charge in [0, 0.05) is 19.3 Å². The van der Waals surface area contributed by atoms with E-state index in [0.29, 0.717) is 0 Å². The highest BCUT2D eigenvalue weighted by Crippen LogP contribution is 2.33. The zero-order chi connectivity index (χ0) is 13.7. The Kier molecular flexibility index (Phi) is 6.15. The third-order valence-electron chi connectivity index (χ3n) is 4.94. The van der Waals surface area contributed by atoms with Crippen molar-refractivity contribution in [2.45, 2.75) is 65.3 Å². The highest BCUT2D eigenvalue weighted by atomic mass is 16.5. The maximum atomic E-state index is 5.70. The molecule has 0 unspecified atom stereocenters. The Labute approximate surface area is 119 Å². The van der Waals surface area contributed by atoms with Gasteiger partial charge < -0.3 is 10.1 Å². The van der Waals surface area contributed by atoms with Crippen LogP contribution in [-0.2, 0) is 4.74 Å². The van der Waals surface area contributed by atoms with Gasteiger partial charge in [-0.05, 0) is 62.3 Å². The summed E-state index contributed by atoms with van der Waals surface area (Å²) in [6, 6.07) is 0.743. The molecule has 19 heavy (non-hydrogen) atoms. The van der Waals surface area contributed by atoms with Crippen LogP contribution in [0.1, 0.15) is 59.3 Å². The van der Waals surface area contributed by atoms with Gasteiger partial charge in [0.15, 0.2) is 0 Å². The highest BCUT2D eigenvalue weighted by molar-refractivity contribution is 4.85. The van der Waals surface area contributed by atoms with Gasteiger partial charge in [0.1, 0.15) is 0 Å². The number of ether oxygens (including phenoxy) is 1. The van der Waals surface area contributed by atoms with E-state index in [-0.39, 0.29) is 0 Å². The third kappa shape index (κ3) is 5.43. The minimum absolute atomic E-state index is 0.743. The lowest BCUT2D eigenvalue weighted by Crippen LogP contribution is -2.43. The molecule has 1 N–H and O–H groups in total. The fraction of sp³-hybridized carbons (Fsp3) is 1.00. The van der Waals surface area contributed by atoms with Crippen LogP contribution in [0, 0.1) is 23.7 Å². The molecule has 0 amide bonds. The lowest BCUT2D eigenvalue weighted by molar-refractivity contribution is 0.117. The van der Waals surface area contributed by atoms with Crippen molar-refractivity contribution < 1.29 is 4.74 Å². The van der Waals surface area contributed by atoms with Crippen LogP contribution in [0.2, 0.25) is 0 Å². The van der Waals surface area contributed by atoms with Gasteiger partial charge >= 0.3 is 0 Å². The smallest absolute Gasteiger partial charge is 0.0494 e. The van der Waals surface area contributed by atoms with Crippen molar-refractivity contribution in [3.63, 3.8) is 0 Å². The molecule has 2 aliphatic carbocycles. The topological polar surface area (TPSA) is 21.3 Å². The summed E-state index contributed by atoms with van der Waals surface area (Å²) < 4.78 is 5.70. The van der Waals surface area contributed by atoms with Crippen LogP contribution in [-0.4, -0.2) is 25.8 Å². The molecule has 2 heteroatoms. The minimum Gasteiger partial charge on any atom is -0.381 e. The molecule has 2 aliphatic rings. The molecule has 0 heterocycles. The summed E-state index contributed by atoms with van der Waals surface area (Å²) in [5.74, 6) is 3.50. The Hall–Kier alpha value is -0.0800. The molecule has 3 atom stereocenters. The monoisotopic (exact) mass is 267 g/mol. The molecular weight excluding hydrogens is 234 g/mol. The Balaban J connectivity index is 1.58. The van der Waals surface area contributed by atoms with Crippen molar-refractivity contribution in [3.05, 3.63) is 0 Å².